The zero-order chi connectivity index (χ0) is 11.3. The molecule has 84 valence electrons. The number of aromatic nitrogens is 2. The maximum absolute atomic E-state index is 11.2. The zero-order valence-electron chi connectivity index (χ0n) is 9.32. The van der Waals surface area contributed by atoms with E-state index in [-0.39, 0.29) is 18.8 Å². The Hall–Kier alpha value is -1.23. The normalized spacial score (nSPS) is 10.9. The summed E-state index contributed by atoms with van der Waals surface area (Å²) in [4.78, 5) is 15.3. The fraction of sp³-hybridized carbons (Fsp3) is 0.700. The minimum Gasteiger partial charge on any atom is -0.377 e. The first-order chi connectivity index (χ1) is 7.11. The van der Waals surface area contributed by atoms with Crippen LogP contribution in [0.4, 0.5) is 0 Å². The van der Waals surface area contributed by atoms with Crippen molar-refractivity contribution in [2.24, 2.45) is 5.92 Å². The van der Waals surface area contributed by atoms with Gasteiger partial charge in [0.1, 0.15) is 6.61 Å². The number of hydrogen-bond donors (Lipinski definition) is 0. The largest absolute Gasteiger partial charge is 0.377 e. The van der Waals surface area contributed by atoms with Crippen LogP contribution in [0, 0.1) is 5.92 Å². The van der Waals surface area contributed by atoms with Gasteiger partial charge in [-0.2, -0.15) is 4.98 Å². The first-order valence-corrected chi connectivity index (χ1v) is 4.94. The Morgan fingerprint density at radius 1 is 1.53 bits per heavy atom. The van der Waals surface area contributed by atoms with Crippen LogP contribution in [0.3, 0.4) is 0 Å². The van der Waals surface area contributed by atoms with Gasteiger partial charge in [-0.15, -0.1) is 0 Å². The molecule has 0 saturated heterocycles. The second-order valence-corrected chi connectivity index (χ2v) is 3.85. The average Bonchev–Trinajstić information content (AvgIpc) is 2.51. The predicted molar refractivity (Wildman–Crippen MR) is 53.4 cm³/mol. The van der Waals surface area contributed by atoms with Crippen LogP contribution in [-0.2, 0) is 22.4 Å². The smallest absolute Gasteiger partial charge is 0.234 e. The lowest BCUT2D eigenvalue weighted by Gasteiger charge is -1.96. The van der Waals surface area contributed by atoms with Crippen LogP contribution in [0.5, 0.6) is 0 Å². The summed E-state index contributed by atoms with van der Waals surface area (Å²) >= 11 is 0. The molecule has 15 heavy (non-hydrogen) atoms. The van der Waals surface area contributed by atoms with E-state index in [1.165, 1.54) is 7.11 Å². The van der Waals surface area contributed by atoms with Crippen LogP contribution in [-0.4, -0.2) is 29.6 Å². The van der Waals surface area contributed by atoms with Gasteiger partial charge < -0.3 is 9.26 Å². The fourth-order valence-corrected chi connectivity index (χ4v) is 1.19. The number of Topliss-reactive ketones (excluding diaryl/α,β-unsaturated/α-hetero) is 1. The van der Waals surface area contributed by atoms with Gasteiger partial charge in [0.15, 0.2) is 11.6 Å². The lowest BCUT2D eigenvalue weighted by molar-refractivity contribution is -0.122. The number of ketones is 1. The molecular weight excluding hydrogens is 196 g/mol. The third kappa shape index (κ3) is 4.20. The number of carbonyl (C=O) groups excluding carboxylic acids is 1. The molecule has 0 spiro atoms. The van der Waals surface area contributed by atoms with E-state index in [1.807, 2.05) is 0 Å². The van der Waals surface area contributed by atoms with Crippen molar-refractivity contribution in [2.75, 3.05) is 13.7 Å². The number of nitrogens with zero attached hydrogens (tertiary/aromatic N) is 2. The van der Waals surface area contributed by atoms with E-state index < -0.39 is 0 Å². The minimum atomic E-state index is -0.0581. The van der Waals surface area contributed by atoms with Crippen LogP contribution in [0.25, 0.3) is 0 Å². The quantitative estimate of drug-likeness (QED) is 0.704. The van der Waals surface area contributed by atoms with Crippen molar-refractivity contribution in [1.82, 2.24) is 10.1 Å². The first-order valence-electron chi connectivity index (χ1n) is 4.94. The number of methoxy groups -OCH3 is 1. The van der Waals surface area contributed by atoms with Gasteiger partial charge in [-0.3, -0.25) is 4.79 Å². The van der Waals surface area contributed by atoms with Gasteiger partial charge >= 0.3 is 0 Å². The number of rotatable bonds is 6. The number of carbonyl (C=O) groups is 1. The summed E-state index contributed by atoms with van der Waals surface area (Å²) in [5.74, 6) is 1.44. The lowest BCUT2D eigenvalue weighted by Crippen LogP contribution is -2.10. The Labute approximate surface area is 88.8 Å². The molecule has 5 nitrogen and oxygen atoms in total. The van der Waals surface area contributed by atoms with E-state index in [2.05, 4.69) is 24.0 Å². The monoisotopic (exact) mass is 212 g/mol. The van der Waals surface area contributed by atoms with Crippen LogP contribution >= 0.6 is 0 Å². The molecule has 0 bridgehead atoms. The Morgan fingerprint density at radius 2 is 2.27 bits per heavy atom. The molecule has 0 aliphatic heterocycles. The highest BCUT2D eigenvalue weighted by Gasteiger charge is 2.11. The van der Waals surface area contributed by atoms with Gasteiger partial charge in [0.05, 0.1) is 6.42 Å². The molecule has 0 aliphatic rings. The molecule has 1 aromatic rings. The summed E-state index contributed by atoms with van der Waals surface area (Å²) < 4.78 is 9.65. The van der Waals surface area contributed by atoms with Crippen LogP contribution in [0.1, 0.15) is 25.6 Å². The second kappa shape index (κ2) is 5.60. The molecule has 0 amide bonds. The summed E-state index contributed by atoms with van der Waals surface area (Å²) in [6.45, 7) is 4.24. The van der Waals surface area contributed by atoms with Crippen molar-refractivity contribution in [1.29, 1.82) is 0 Å². The summed E-state index contributed by atoms with van der Waals surface area (Å²) in [5, 5.41) is 3.79. The highest BCUT2D eigenvalue weighted by molar-refractivity contribution is 5.81. The molecule has 0 aliphatic carbocycles. The van der Waals surface area contributed by atoms with Gasteiger partial charge in [0.2, 0.25) is 5.89 Å². The maximum Gasteiger partial charge on any atom is 0.234 e. The lowest BCUT2D eigenvalue weighted by atomic mass is 10.1. The van der Waals surface area contributed by atoms with E-state index in [0.717, 1.165) is 6.42 Å². The highest BCUT2D eigenvalue weighted by Crippen LogP contribution is 2.05. The van der Waals surface area contributed by atoms with Crippen LogP contribution in [0.15, 0.2) is 4.52 Å². The zero-order valence-corrected chi connectivity index (χ0v) is 9.32. The molecule has 1 heterocycles. The molecule has 5 heteroatoms. The summed E-state index contributed by atoms with van der Waals surface area (Å²) in [6.07, 6.45) is 0.918. The molecule has 0 radical (unpaired) electrons. The third-order valence-corrected chi connectivity index (χ3v) is 1.75. The SMILES string of the molecule is COCC(=O)Cc1nc(CC(C)C)no1. The standard InChI is InChI=1S/C10H16N2O3/c1-7(2)4-9-11-10(15-12-9)5-8(13)6-14-3/h7H,4-6H2,1-3H3. The second-order valence-electron chi connectivity index (χ2n) is 3.85. The summed E-state index contributed by atoms with van der Waals surface area (Å²) in [6, 6.07) is 0. The molecule has 1 rings (SSSR count). The van der Waals surface area contributed by atoms with E-state index in [4.69, 9.17) is 9.26 Å². The molecule has 1 aromatic heterocycles. The molecule has 0 unspecified atom stereocenters. The molecule has 0 atom stereocenters. The van der Waals surface area contributed by atoms with Crippen LogP contribution < -0.4 is 0 Å². The Balaban J connectivity index is 2.49. The van der Waals surface area contributed by atoms with Gasteiger partial charge in [-0.1, -0.05) is 19.0 Å². The summed E-state index contributed by atoms with van der Waals surface area (Å²) in [5.41, 5.74) is 0. The fourth-order valence-electron chi connectivity index (χ4n) is 1.19. The van der Waals surface area contributed by atoms with E-state index >= 15 is 0 Å². The Morgan fingerprint density at radius 3 is 2.87 bits per heavy atom. The van der Waals surface area contributed by atoms with Crippen LogP contribution in [0.2, 0.25) is 0 Å². The van der Waals surface area contributed by atoms with Crippen molar-refractivity contribution >= 4 is 5.78 Å². The summed E-state index contributed by atoms with van der Waals surface area (Å²) in [7, 11) is 1.48. The van der Waals surface area contributed by atoms with Crippen molar-refractivity contribution in [3.05, 3.63) is 11.7 Å². The highest BCUT2D eigenvalue weighted by atomic mass is 16.5. The molecular formula is C10H16N2O3. The molecule has 0 N–H and O–H groups in total. The van der Waals surface area contributed by atoms with Crippen molar-refractivity contribution in [3.8, 4) is 0 Å². The minimum absolute atomic E-state index is 0.0581. The predicted octanol–water partition coefficient (Wildman–Crippen LogP) is 1.03. The van der Waals surface area contributed by atoms with Gasteiger partial charge in [0.25, 0.3) is 0 Å². The van der Waals surface area contributed by atoms with Gasteiger partial charge in [-0.05, 0) is 5.92 Å². The molecule has 0 saturated carbocycles. The topological polar surface area (TPSA) is 65.2 Å². The number of hydrogen-bond acceptors (Lipinski definition) is 5. The Kier molecular flexibility index (Phi) is 4.42. The van der Waals surface area contributed by atoms with E-state index in [9.17, 15) is 4.79 Å². The van der Waals surface area contributed by atoms with Crippen molar-refractivity contribution < 1.29 is 14.1 Å². The first kappa shape index (κ1) is 11.8. The van der Waals surface area contributed by atoms with E-state index in [1.54, 1.807) is 0 Å². The van der Waals surface area contributed by atoms with Gasteiger partial charge in [-0.25, -0.2) is 0 Å². The third-order valence-electron chi connectivity index (χ3n) is 1.75. The van der Waals surface area contributed by atoms with Crippen molar-refractivity contribution in [2.45, 2.75) is 26.7 Å². The van der Waals surface area contributed by atoms with Crippen molar-refractivity contribution in [3.63, 3.8) is 0 Å². The molecule has 0 aromatic carbocycles. The molecule has 0 fully saturated rings. The van der Waals surface area contributed by atoms with E-state index in [0.29, 0.717) is 17.6 Å². The average molecular weight is 212 g/mol. The Bertz CT molecular complexity index is 320. The van der Waals surface area contributed by atoms with Gasteiger partial charge in [0, 0.05) is 13.5 Å². The maximum atomic E-state index is 11.2. The number of ether oxygens (including phenoxy) is 1.